The summed E-state index contributed by atoms with van der Waals surface area (Å²) in [5.41, 5.74) is 5.57. The van der Waals surface area contributed by atoms with Crippen LogP contribution in [-0.4, -0.2) is 22.1 Å². The largest absolute Gasteiger partial charge is 0.461 e. The molecule has 0 bridgehead atoms. The maximum absolute atomic E-state index is 14.2. The highest BCUT2D eigenvalue weighted by Crippen LogP contribution is 2.27. The van der Waals surface area contributed by atoms with Crippen LogP contribution in [0.4, 0.5) is 14.6 Å². The normalized spacial score (nSPS) is 10.7. The van der Waals surface area contributed by atoms with Crippen molar-refractivity contribution in [2.45, 2.75) is 20.8 Å². The number of halogens is 2. The van der Waals surface area contributed by atoms with E-state index in [0.29, 0.717) is 0 Å². The second kappa shape index (κ2) is 5.51. The van der Waals surface area contributed by atoms with Crippen LogP contribution in [-0.2, 0) is 4.74 Å². The highest BCUT2D eigenvalue weighted by molar-refractivity contribution is 5.92. The molecular formula is C14H15F2N3O2. The minimum atomic E-state index is -0.791. The van der Waals surface area contributed by atoms with E-state index in [1.54, 1.807) is 6.92 Å². The molecule has 2 aromatic rings. The molecule has 7 heteroatoms. The van der Waals surface area contributed by atoms with Gasteiger partial charge in [-0.05, 0) is 32.4 Å². The van der Waals surface area contributed by atoms with Crippen molar-refractivity contribution in [3.63, 3.8) is 0 Å². The van der Waals surface area contributed by atoms with E-state index >= 15 is 0 Å². The van der Waals surface area contributed by atoms with Crippen LogP contribution in [0.5, 0.6) is 0 Å². The molecular weight excluding hydrogens is 280 g/mol. The summed E-state index contributed by atoms with van der Waals surface area (Å²) in [7, 11) is 0. The van der Waals surface area contributed by atoms with Crippen molar-refractivity contribution in [1.82, 2.24) is 9.55 Å². The Hall–Kier alpha value is -2.44. The van der Waals surface area contributed by atoms with Crippen molar-refractivity contribution < 1.29 is 18.3 Å². The Labute approximate surface area is 120 Å². The summed E-state index contributed by atoms with van der Waals surface area (Å²) in [5, 5.41) is 0. The van der Waals surface area contributed by atoms with Crippen LogP contribution in [0.3, 0.4) is 0 Å². The number of aryl methyl sites for hydroxylation is 2. The van der Waals surface area contributed by atoms with E-state index in [1.165, 1.54) is 19.9 Å². The van der Waals surface area contributed by atoms with Gasteiger partial charge in [-0.1, -0.05) is 6.07 Å². The van der Waals surface area contributed by atoms with E-state index < -0.39 is 17.6 Å². The highest BCUT2D eigenvalue weighted by Gasteiger charge is 2.24. The average Bonchev–Trinajstić information content (AvgIpc) is 2.72. The molecule has 0 unspecified atom stereocenters. The van der Waals surface area contributed by atoms with Crippen molar-refractivity contribution in [1.29, 1.82) is 0 Å². The number of carbonyl (C=O) groups is 1. The minimum Gasteiger partial charge on any atom is -0.461 e. The Morgan fingerprint density at radius 2 is 2.05 bits per heavy atom. The Morgan fingerprint density at radius 3 is 2.67 bits per heavy atom. The number of esters is 1. The molecule has 0 atom stereocenters. The first kappa shape index (κ1) is 15.0. The number of hydrogen-bond acceptors (Lipinski definition) is 4. The van der Waals surface area contributed by atoms with Crippen LogP contribution in [0.2, 0.25) is 0 Å². The lowest BCUT2D eigenvalue weighted by atomic mass is 10.2. The lowest BCUT2D eigenvalue weighted by Crippen LogP contribution is -2.11. The second-order valence-corrected chi connectivity index (χ2v) is 4.48. The first-order valence-corrected chi connectivity index (χ1v) is 6.35. The fourth-order valence-electron chi connectivity index (χ4n) is 2.03. The van der Waals surface area contributed by atoms with E-state index in [4.69, 9.17) is 10.5 Å². The summed E-state index contributed by atoms with van der Waals surface area (Å²) < 4.78 is 34.1. The molecule has 1 aromatic heterocycles. The van der Waals surface area contributed by atoms with Crippen LogP contribution >= 0.6 is 0 Å². The molecule has 5 nitrogen and oxygen atoms in total. The second-order valence-electron chi connectivity index (χ2n) is 4.48. The number of benzene rings is 1. The number of nitrogen functional groups attached to an aromatic ring is 1. The van der Waals surface area contributed by atoms with Crippen LogP contribution in [0, 0.1) is 25.5 Å². The number of nitrogens with zero attached hydrogens (tertiary/aromatic N) is 2. The van der Waals surface area contributed by atoms with Crippen molar-refractivity contribution in [2.24, 2.45) is 0 Å². The predicted molar refractivity (Wildman–Crippen MR) is 73.3 cm³/mol. The number of hydrogen-bond donors (Lipinski definition) is 1. The average molecular weight is 295 g/mol. The van der Waals surface area contributed by atoms with Gasteiger partial charge in [0.2, 0.25) is 0 Å². The lowest BCUT2D eigenvalue weighted by molar-refractivity contribution is 0.0521. The Kier molecular flexibility index (Phi) is 3.93. The molecule has 0 aliphatic carbocycles. The van der Waals surface area contributed by atoms with E-state index in [1.807, 2.05) is 0 Å². The number of rotatable bonds is 3. The topological polar surface area (TPSA) is 70.1 Å². The van der Waals surface area contributed by atoms with Crippen LogP contribution in [0.15, 0.2) is 12.1 Å². The van der Waals surface area contributed by atoms with E-state index in [2.05, 4.69) is 4.98 Å². The van der Waals surface area contributed by atoms with Gasteiger partial charge in [-0.2, -0.15) is 0 Å². The zero-order chi connectivity index (χ0) is 15.7. The number of anilines is 1. The number of aromatic nitrogens is 2. The number of nitrogens with two attached hydrogens (primary N) is 1. The van der Waals surface area contributed by atoms with E-state index in [0.717, 1.165) is 10.6 Å². The monoisotopic (exact) mass is 295 g/mol. The number of imidazole rings is 1. The van der Waals surface area contributed by atoms with Crippen LogP contribution in [0.25, 0.3) is 5.69 Å². The van der Waals surface area contributed by atoms with Gasteiger partial charge in [-0.25, -0.2) is 18.6 Å². The fraction of sp³-hybridized carbons (Fsp3) is 0.286. The van der Waals surface area contributed by atoms with Gasteiger partial charge >= 0.3 is 5.97 Å². The van der Waals surface area contributed by atoms with Gasteiger partial charge in [-0.3, -0.25) is 4.57 Å². The van der Waals surface area contributed by atoms with E-state index in [-0.39, 0.29) is 35.2 Å². The van der Waals surface area contributed by atoms with Gasteiger partial charge in [0.15, 0.2) is 11.5 Å². The molecule has 2 N–H and O–H groups in total. The minimum absolute atomic E-state index is 0.150. The molecule has 0 amide bonds. The predicted octanol–water partition coefficient (Wildman–Crippen LogP) is 2.53. The number of carbonyl (C=O) groups excluding carboxylic acids is 1. The molecule has 112 valence electrons. The van der Waals surface area contributed by atoms with Crippen LogP contribution in [0.1, 0.15) is 28.8 Å². The Bertz CT molecular complexity index is 711. The molecule has 0 fully saturated rings. The maximum atomic E-state index is 14.2. The van der Waals surface area contributed by atoms with Crippen LogP contribution < -0.4 is 5.73 Å². The lowest BCUT2D eigenvalue weighted by Gasteiger charge is -2.11. The highest BCUT2D eigenvalue weighted by atomic mass is 19.1. The molecule has 1 heterocycles. The van der Waals surface area contributed by atoms with Gasteiger partial charge in [0.05, 0.1) is 6.61 Å². The zero-order valence-electron chi connectivity index (χ0n) is 11.9. The summed E-state index contributed by atoms with van der Waals surface area (Å²) in [6, 6.07) is 2.46. The molecule has 0 saturated carbocycles. The van der Waals surface area contributed by atoms with Crippen molar-refractivity contribution >= 4 is 11.8 Å². The molecule has 0 radical (unpaired) electrons. The fourth-order valence-corrected chi connectivity index (χ4v) is 2.03. The smallest absolute Gasteiger partial charge is 0.360 e. The molecule has 0 spiro atoms. The summed E-state index contributed by atoms with van der Waals surface area (Å²) in [4.78, 5) is 15.7. The van der Waals surface area contributed by atoms with Gasteiger partial charge in [-0.15, -0.1) is 0 Å². The quantitative estimate of drug-likeness (QED) is 0.883. The summed E-state index contributed by atoms with van der Waals surface area (Å²) >= 11 is 0. The first-order valence-electron chi connectivity index (χ1n) is 6.35. The standard InChI is InChI=1S/C14H15F2N3O2/c1-4-21-14(20)11-13(17)19(8(3)18-11)12-9(15)6-5-7(2)10(12)16/h5-6H,4,17H2,1-3H3. The zero-order valence-corrected chi connectivity index (χ0v) is 11.9. The van der Waals surface area contributed by atoms with Gasteiger partial charge in [0.25, 0.3) is 0 Å². The Balaban J connectivity index is 2.67. The molecule has 1 aromatic carbocycles. The number of ether oxygens (including phenoxy) is 1. The van der Waals surface area contributed by atoms with Gasteiger partial charge < -0.3 is 10.5 Å². The van der Waals surface area contributed by atoms with Gasteiger partial charge in [0.1, 0.15) is 23.1 Å². The van der Waals surface area contributed by atoms with Crippen molar-refractivity contribution in [3.05, 3.63) is 40.8 Å². The molecule has 21 heavy (non-hydrogen) atoms. The van der Waals surface area contributed by atoms with Crippen molar-refractivity contribution in [3.8, 4) is 5.69 Å². The summed E-state index contributed by atoms with van der Waals surface area (Å²) in [6.45, 7) is 4.79. The molecule has 0 saturated heterocycles. The Morgan fingerprint density at radius 1 is 1.38 bits per heavy atom. The molecule has 0 aliphatic rings. The third-order valence-corrected chi connectivity index (χ3v) is 3.03. The summed E-state index contributed by atoms with van der Waals surface area (Å²) in [5.74, 6) is -2.24. The third-order valence-electron chi connectivity index (χ3n) is 3.03. The third kappa shape index (κ3) is 2.46. The van der Waals surface area contributed by atoms with E-state index in [9.17, 15) is 13.6 Å². The van der Waals surface area contributed by atoms with Gasteiger partial charge in [0, 0.05) is 0 Å². The molecule has 2 rings (SSSR count). The summed E-state index contributed by atoms with van der Waals surface area (Å²) in [6.07, 6.45) is 0. The van der Waals surface area contributed by atoms with Crippen molar-refractivity contribution in [2.75, 3.05) is 12.3 Å². The first-order chi connectivity index (χ1) is 9.88. The molecule has 0 aliphatic heterocycles. The maximum Gasteiger partial charge on any atom is 0.360 e. The SMILES string of the molecule is CCOC(=O)c1nc(C)n(-c2c(F)ccc(C)c2F)c1N.